The highest BCUT2D eigenvalue weighted by molar-refractivity contribution is 7.98. The van der Waals surface area contributed by atoms with E-state index in [9.17, 15) is 27.9 Å². The van der Waals surface area contributed by atoms with Gasteiger partial charge in [0.25, 0.3) is 5.91 Å². The third-order valence-electron chi connectivity index (χ3n) is 8.97. The molecular weight excluding hydrogens is 689 g/mol. The fourth-order valence-electron chi connectivity index (χ4n) is 6.34. The number of thioether (sulfide) groups is 1. The molecule has 2 atom stereocenters. The Bertz CT molecular complexity index is 1730. The number of nitrogens with zero attached hydrogens (tertiary/aromatic N) is 1. The number of hydrogen-bond acceptors (Lipinski definition) is 8. The second kappa shape index (κ2) is 18.4. The van der Waals surface area contributed by atoms with E-state index in [2.05, 4.69) is 34.1 Å². The highest BCUT2D eigenvalue weighted by atomic mass is 32.2. The lowest BCUT2D eigenvalue weighted by Gasteiger charge is -2.37. The molecule has 0 saturated heterocycles. The van der Waals surface area contributed by atoms with Gasteiger partial charge in [0.2, 0.25) is 15.9 Å². The number of hydrogen-bond donors (Lipinski definition) is 4. The van der Waals surface area contributed by atoms with Crippen molar-refractivity contribution in [2.24, 2.45) is 0 Å². The molecule has 1 heterocycles. The number of anilines is 2. The zero-order valence-corrected chi connectivity index (χ0v) is 31.4. The van der Waals surface area contributed by atoms with Gasteiger partial charge in [-0.1, -0.05) is 101 Å². The topological polar surface area (TPSA) is 154 Å². The van der Waals surface area contributed by atoms with Gasteiger partial charge in [-0.05, 0) is 49.3 Å². The standard InChI is InChI=1S/C38H50N4O7S2/c1-5-8-21-38(22-9-6-2)26-42(28-19-14-11-15-20-28)30-23-32(50-4)31(24-33(30)51(47,48)41-38)49-25-34(43)40-35(27-17-12-10-13-18-27)36(44)39-29(16-7-3)37(45)46/h10-15,17-20,23-24,29,35,41H,5-9,16,21-22,25-26H2,1-4H3,(H,39,44)(H,40,43)(H,45,46)/t29-,35+/m0/s1. The van der Waals surface area contributed by atoms with Gasteiger partial charge in [-0.25, -0.2) is 17.9 Å². The lowest BCUT2D eigenvalue weighted by molar-refractivity contribution is -0.142. The molecule has 4 N–H and O–H groups in total. The van der Waals surface area contributed by atoms with Crippen LogP contribution < -0.4 is 25.0 Å². The Morgan fingerprint density at radius 3 is 2.14 bits per heavy atom. The molecule has 0 bridgehead atoms. The van der Waals surface area contributed by atoms with Gasteiger partial charge in [0.1, 0.15) is 22.7 Å². The summed E-state index contributed by atoms with van der Waals surface area (Å²) in [6, 6.07) is 19.2. The molecule has 3 aromatic rings. The molecule has 0 radical (unpaired) electrons. The van der Waals surface area contributed by atoms with Crippen LogP contribution >= 0.6 is 11.8 Å². The van der Waals surface area contributed by atoms with Crippen molar-refractivity contribution >= 4 is 50.9 Å². The number of carbonyl (C=O) groups excluding carboxylic acids is 2. The Kier molecular flexibility index (Phi) is 14.4. The molecule has 0 fully saturated rings. The maximum atomic E-state index is 14.3. The van der Waals surface area contributed by atoms with Crippen LogP contribution in [-0.2, 0) is 24.4 Å². The molecule has 1 aliphatic rings. The molecule has 51 heavy (non-hydrogen) atoms. The van der Waals surface area contributed by atoms with E-state index in [0.29, 0.717) is 42.0 Å². The molecule has 13 heteroatoms. The average molecular weight is 739 g/mol. The molecule has 0 unspecified atom stereocenters. The Morgan fingerprint density at radius 2 is 1.57 bits per heavy atom. The number of aliphatic carboxylic acids is 1. The minimum Gasteiger partial charge on any atom is -0.483 e. The summed E-state index contributed by atoms with van der Waals surface area (Å²) < 4.78 is 37.7. The number of amides is 2. The van der Waals surface area contributed by atoms with Crippen molar-refractivity contribution in [3.63, 3.8) is 0 Å². The van der Waals surface area contributed by atoms with Crippen molar-refractivity contribution in [2.45, 2.75) is 99.6 Å². The summed E-state index contributed by atoms with van der Waals surface area (Å²) in [6.45, 7) is 5.94. The van der Waals surface area contributed by atoms with E-state index >= 15 is 0 Å². The largest absolute Gasteiger partial charge is 0.483 e. The number of carbonyl (C=O) groups is 3. The number of carboxylic acids is 1. The summed E-state index contributed by atoms with van der Waals surface area (Å²) in [6.07, 6.45) is 7.56. The van der Waals surface area contributed by atoms with Gasteiger partial charge in [0, 0.05) is 18.3 Å². The Hall–Kier alpha value is -4.07. The number of benzene rings is 3. The van der Waals surface area contributed by atoms with E-state index in [1.807, 2.05) is 43.5 Å². The molecule has 1 aliphatic heterocycles. The first-order valence-electron chi connectivity index (χ1n) is 17.6. The maximum absolute atomic E-state index is 14.3. The van der Waals surface area contributed by atoms with Gasteiger partial charge in [-0.15, -0.1) is 11.8 Å². The first-order chi connectivity index (χ1) is 24.5. The average Bonchev–Trinajstić information content (AvgIpc) is 3.22. The Labute approximate surface area is 306 Å². The number of nitrogens with one attached hydrogen (secondary N) is 3. The van der Waals surface area contributed by atoms with Gasteiger partial charge in [0.15, 0.2) is 6.61 Å². The summed E-state index contributed by atoms with van der Waals surface area (Å²) in [5.41, 5.74) is 1.14. The number of rotatable bonds is 18. The van der Waals surface area contributed by atoms with Crippen LogP contribution in [0.25, 0.3) is 0 Å². The molecule has 4 rings (SSSR count). The van der Waals surface area contributed by atoms with Crippen LogP contribution in [0.3, 0.4) is 0 Å². The summed E-state index contributed by atoms with van der Waals surface area (Å²) >= 11 is 1.36. The third-order valence-corrected chi connectivity index (χ3v) is 11.3. The van der Waals surface area contributed by atoms with Gasteiger partial charge in [-0.3, -0.25) is 9.59 Å². The predicted molar refractivity (Wildman–Crippen MR) is 201 cm³/mol. The minimum absolute atomic E-state index is 0.0478. The van der Waals surface area contributed by atoms with Crippen LogP contribution in [0.2, 0.25) is 0 Å². The number of carboxylic acid groups (broad SMARTS) is 1. The van der Waals surface area contributed by atoms with Crippen LogP contribution in [-0.4, -0.2) is 62.3 Å². The van der Waals surface area contributed by atoms with Crippen molar-refractivity contribution in [2.75, 3.05) is 24.3 Å². The lowest BCUT2D eigenvalue weighted by atomic mass is 9.87. The Morgan fingerprint density at radius 1 is 0.941 bits per heavy atom. The zero-order chi connectivity index (χ0) is 37.0. The van der Waals surface area contributed by atoms with Crippen molar-refractivity contribution in [3.05, 3.63) is 78.4 Å². The van der Waals surface area contributed by atoms with Crippen LogP contribution in [0.15, 0.2) is 82.6 Å². The van der Waals surface area contributed by atoms with Crippen molar-refractivity contribution in [1.82, 2.24) is 15.4 Å². The van der Waals surface area contributed by atoms with Gasteiger partial charge >= 0.3 is 5.97 Å². The summed E-state index contributed by atoms with van der Waals surface area (Å²) in [7, 11) is -4.05. The van der Waals surface area contributed by atoms with E-state index < -0.39 is 52.0 Å². The fourth-order valence-corrected chi connectivity index (χ4v) is 8.54. The third kappa shape index (κ3) is 10.3. The zero-order valence-electron chi connectivity index (χ0n) is 29.8. The van der Waals surface area contributed by atoms with E-state index in [0.717, 1.165) is 31.4 Å². The molecule has 0 spiro atoms. The maximum Gasteiger partial charge on any atom is 0.326 e. The molecule has 2 amide bonds. The van der Waals surface area contributed by atoms with Crippen molar-refractivity contribution in [3.8, 4) is 5.75 Å². The second-order valence-corrected chi connectivity index (χ2v) is 15.4. The molecule has 276 valence electrons. The van der Waals surface area contributed by atoms with E-state index in [1.54, 1.807) is 36.4 Å². The number of unbranched alkanes of at least 4 members (excludes halogenated alkanes) is 2. The second-order valence-electron chi connectivity index (χ2n) is 12.9. The summed E-state index contributed by atoms with van der Waals surface area (Å²) in [5.74, 6) is -2.27. The van der Waals surface area contributed by atoms with E-state index in [-0.39, 0.29) is 17.1 Å². The van der Waals surface area contributed by atoms with E-state index in [1.165, 1.54) is 17.8 Å². The van der Waals surface area contributed by atoms with E-state index in [4.69, 9.17) is 4.74 Å². The number of para-hydroxylation sites is 1. The molecule has 0 aliphatic carbocycles. The van der Waals surface area contributed by atoms with Crippen LogP contribution in [0, 0.1) is 0 Å². The quantitative estimate of drug-likeness (QED) is 0.106. The molecule has 0 saturated carbocycles. The van der Waals surface area contributed by atoms with Gasteiger partial charge in [0.05, 0.1) is 16.1 Å². The molecule has 11 nitrogen and oxygen atoms in total. The Balaban J connectivity index is 1.67. The summed E-state index contributed by atoms with van der Waals surface area (Å²) in [5, 5.41) is 14.8. The normalized spacial score (nSPS) is 15.9. The fraction of sp³-hybridized carbons (Fsp3) is 0.447. The van der Waals surface area contributed by atoms with Gasteiger partial charge in [-0.2, -0.15) is 0 Å². The van der Waals surface area contributed by atoms with Crippen LogP contribution in [0.4, 0.5) is 11.4 Å². The lowest BCUT2D eigenvalue weighted by Crippen LogP contribution is -2.53. The smallest absolute Gasteiger partial charge is 0.326 e. The van der Waals surface area contributed by atoms with Crippen LogP contribution in [0.1, 0.15) is 83.7 Å². The van der Waals surface area contributed by atoms with Crippen molar-refractivity contribution in [1.29, 1.82) is 0 Å². The highest BCUT2D eigenvalue weighted by Gasteiger charge is 2.42. The predicted octanol–water partition coefficient (Wildman–Crippen LogP) is 6.56. The first-order valence-corrected chi connectivity index (χ1v) is 20.3. The monoisotopic (exact) mass is 738 g/mol. The molecule has 3 aromatic carbocycles. The minimum atomic E-state index is -4.05. The first kappa shape index (κ1) is 39.7. The van der Waals surface area contributed by atoms with Crippen LogP contribution in [0.5, 0.6) is 5.75 Å². The summed E-state index contributed by atoms with van der Waals surface area (Å²) in [4.78, 5) is 41.2. The van der Waals surface area contributed by atoms with Gasteiger partial charge < -0.3 is 25.4 Å². The SMILES string of the molecule is CCCCC1(CCCC)CN(c2ccccc2)c2cc(SC)c(OCC(=O)N[C@@H](C(=O)N[C@@H](CCC)C(=O)O)c3ccccc3)cc2S(=O)(=O)N1. The molecule has 0 aromatic heterocycles. The number of fused-ring (bicyclic) bond motifs is 1. The highest BCUT2D eigenvalue weighted by Crippen LogP contribution is 2.44. The number of sulfonamides is 1. The number of ether oxygens (including phenoxy) is 1. The molecular formula is C38H50N4O7S2. The van der Waals surface area contributed by atoms with Crippen molar-refractivity contribution < 1.29 is 32.6 Å².